The van der Waals surface area contributed by atoms with Gasteiger partial charge < -0.3 is 0 Å². The molecule has 0 spiro atoms. The van der Waals surface area contributed by atoms with Crippen LogP contribution < -0.4 is 5.32 Å². The highest BCUT2D eigenvalue weighted by Crippen LogP contribution is 2.16. The van der Waals surface area contributed by atoms with Crippen LogP contribution in [0, 0.1) is 20.8 Å². The molecule has 0 bridgehead atoms. The fourth-order valence-electron chi connectivity index (χ4n) is 2.32. The third-order valence-corrected chi connectivity index (χ3v) is 4.84. The number of fused-ring (bicyclic) bond motifs is 1. The maximum Gasteiger partial charge on any atom is 0.250 e. The van der Waals surface area contributed by atoms with Gasteiger partial charge in [-0.1, -0.05) is 12.1 Å². The molecule has 0 saturated carbocycles. The minimum atomic E-state index is -0.261. The highest BCUT2D eigenvalue weighted by Gasteiger charge is 2.13. The molecular formula is C17H18N4O2S. The number of carbonyl (C=O) groups excluding carboxylic acids is 2. The number of carbonyl (C=O) groups is 2. The fraction of sp³-hybridized carbons (Fsp3) is 0.294. The van der Waals surface area contributed by atoms with Gasteiger partial charge in [-0.3, -0.25) is 14.9 Å². The van der Waals surface area contributed by atoms with E-state index < -0.39 is 0 Å². The Morgan fingerprint density at radius 3 is 2.67 bits per heavy atom. The van der Waals surface area contributed by atoms with Gasteiger partial charge in [-0.25, -0.2) is 4.52 Å². The molecule has 2 aromatic heterocycles. The lowest BCUT2D eigenvalue weighted by Gasteiger charge is -2.04. The molecule has 0 saturated heterocycles. The molecule has 3 rings (SSSR count). The molecule has 24 heavy (non-hydrogen) atoms. The number of amides is 1. The summed E-state index contributed by atoms with van der Waals surface area (Å²) < 4.78 is 1.68. The highest BCUT2D eigenvalue weighted by atomic mass is 32.1. The zero-order valence-corrected chi connectivity index (χ0v) is 14.6. The average Bonchev–Trinajstić information content (AvgIpc) is 3.09. The van der Waals surface area contributed by atoms with Crippen molar-refractivity contribution in [2.75, 3.05) is 5.32 Å². The molecule has 0 atom stereocenters. The van der Waals surface area contributed by atoms with Gasteiger partial charge in [0.15, 0.2) is 5.78 Å². The molecule has 0 aliphatic carbocycles. The van der Waals surface area contributed by atoms with Gasteiger partial charge in [-0.15, -0.1) is 16.4 Å². The minimum Gasteiger partial charge on any atom is -0.294 e. The first kappa shape index (κ1) is 16.3. The van der Waals surface area contributed by atoms with Crippen molar-refractivity contribution in [3.05, 3.63) is 46.0 Å². The Balaban J connectivity index is 1.58. The first-order valence-corrected chi connectivity index (χ1v) is 8.53. The van der Waals surface area contributed by atoms with Gasteiger partial charge >= 0.3 is 0 Å². The predicted octanol–water partition coefficient (Wildman–Crippen LogP) is 3.32. The number of hydrogen-bond acceptors (Lipinski definition) is 5. The summed E-state index contributed by atoms with van der Waals surface area (Å²) in [6.07, 6.45) is 0.271. The molecule has 0 unspecified atom stereocenters. The van der Waals surface area contributed by atoms with Crippen LogP contribution in [0.5, 0.6) is 0 Å². The summed E-state index contributed by atoms with van der Waals surface area (Å²) in [7, 11) is 0. The number of benzene rings is 1. The van der Waals surface area contributed by atoms with Crippen LogP contribution in [-0.2, 0) is 4.79 Å². The third kappa shape index (κ3) is 3.35. The molecule has 0 aliphatic rings. The van der Waals surface area contributed by atoms with E-state index in [-0.39, 0.29) is 30.5 Å². The van der Waals surface area contributed by atoms with E-state index in [1.165, 1.54) is 11.3 Å². The second kappa shape index (κ2) is 6.52. The number of nitrogens with one attached hydrogen (secondary N) is 1. The fourth-order valence-corrected chi connectivity index (χ4v) is 3.12. The monoisotopic (exact) mass is 342 g/mol. The van der Waals surface area contributed by atoms with Crippen LogP contribution in [0.4, 0.5) is 5.95 Å². The largest absolute Gasteiger partial charge is 0.294 e. The van der Waals surface area contributed by atoms with E-state index in [9.17, 15) is 9.59 Å². The lowest BCUT2D eigenvalue weighted by Crippen LogP contribution is -2.14. The van der Waals surface area contributed by atoms with Crippen molar-refractivity contribution in [3.8, 4) is 0 Å². The van der Waals surface area contributed by atoms with Crippen molar-refractivity contribution >= 4 is 33.9 Å². The van der Waals surface area contributed by atoms with Crippen LogP contribution in [0.15, 0.2) is 23.6 Å². The van der Waals surface area contributed by atoms with E-state index in [0.29, 0.717) is 5.56 Å². The molecule has 2 heterocycles. The second-order valence-corrected chi connectivity index (χ2v) is 6.61. The Kier molecular flexibility index (Phi) is 4.44. The Morgan fingerprint density at radius 1 is 1.17 bits per heavy atom. The molecular weight excluding hydrogens is 324 g/mol. The summed E-state index contributed by atoms with van der Waals surface area (Å²) in [5.74, 6) is -0.0282. The Hall–Kier alpha value is -2.54. The molecule has 0 aliphatic heterocycles. The molecule has 1 amide bonds. The normalized spacial score (nSPS) is 11.0. The van der Waals surface area contributed by atoms with Gasteiger partial charge in [0.25, 0.3) is 0 Å². The number of ketones is 1. The second-order valence-electron chi connectivity index (χ2n) is 5.78. The summed E-state index contributed by atoms with van der Waals surface area (Å²) >= 11 is 1.46. The van der Waals surface area contributed by atoms with E-state index >= 15 is 0 Å². The lowest BCUT2D eigenvalue weighted by molar-refractivity contribution is -0.116. The number of hydrogen-bond donors (Lipinski definition) is 1. The van der Waals surface area contributed by atoms with Gasteiger partial charge in [-0.2, -0.15) is 4.98 Å². The summed E-state index contributed by atoms with van der Waals surface area (Å²) in [4.78, 5) is 29.2. The number of rotatable bonds is 5. The SMILES string of the molecule is Cc1ccc(C(=O)CCC(=O)Nc2nc3scc(C)n3n2)cc1C. The van der Waals surface area contributed by atoms with Crippen molar-refractivity contribution in [2.45, 2.75) is 33.6 Å². The molecule has 3 aromatic rings. The zero-order chi connectivity index (χ0) is 17.3. The standard InChI is InChI=1S/C17H18N4O2S/c1-10-4-5-13(8-11(10)2)14(22)6-7-15(23)18-16-19-17-21(20-16)12(3)9-24-17/h4-5,8-9H,6-7H2,1-3H3,(H,18,20,23). The molecule has 0 fully saturated rings. The van der Waals surface area contributed by atoms with E-state index in [2.05, 4.69) is 15.4 Å². The van der Waals surface area contributed by atoms with Crippen LogP contribution in [0.1, 0.15) is 40.0 Å². The molecule has 6 nitrogen and oxygen atoms in total. The van der Waals surface area contributed by atoms with Gasteiger partial charge in [0.05, 0.1) is 5.69 Å². The summed E-state index contributed by atoms with van der Waals surface area (Å²) in [5, 5.41) is 8.81. The summed E-state index contributed by atoms with van der Waals surface area (Å²) in [5.41, 5.74) is 3.82. The Morgan fingerprint density at radius 2 is 1.96 bits per heavy atom. The molecule has 7 heteroatoms. The van der Waals surface area contributed by atoms with Gasteiger partial charge in [0.2, 0.25) is 16.8 Å². The predicted molar refractivity (Wildman–Crippen MR) is 93.7 cm³/mol. The Labute approximate surface area is 143 Å². The lowest BCUT2D eigenvalue weighted by atomic mass is 10.0. The van der Waals surface area contributed by atoms with Crippen molar-refractivity contribution < 1.29 is 9.59 Å². The topological polar surface area (TPSA) is 76.4 Å². The number of aromatic nitrogens is 3. The van der Waals surface area contributed by atoms with Crippen LogP contribution in [0.2, 0.25) is 0 Å². The van der Waals surface area contributed by atoms with E-state index in [1.54, 1.807) is 10.6 Å². The van der Waals surface area contributed by atoms with Crippen LogP contribution in [0.3, 0.4) is 0 Å². The first-order chi connectivity index (χ1) is 11.4. The summed E-state index contributed by atoms with van der Waals surface area (Å²) in [6.45, 7) is 5.89. The van der Waals surface area contributed by atoms with E-state index in [0.717, 1.165) is 21.8 Å². The quantitative estimate of drug-likeness (QED) is 0.722. The van der Waals surface area contributed by atoms with Crippen LogP contribution in [0.25, 0.3) is 4.96 Å². The number of Topliss-reactive ketones (excluding diaryl/α,β-unsaturated/α-hetero) is 1. The van der Waals surface area contributed by atoms with Crippen LogP contribution in [-0.4, -0.2) is 26.3 Å². The molecule has 1 N–H and O–H groups in total. The Bertz CT molecular complexity index is 926. The van der Waals surface area contributed by atoms with Crippen LogP contribution >= 0.6 is 11.3 Å². The van der Waals surface area contributed by atoms with E-state index in [4.69, 9.17) is 0 Å². The summed E-state index contributed by atoms with van der Waals surface area (Å²) in [6, 6.07) is 5.59. The maximum atomic E-state index is 12.2. The molecule has 124 valence electrons. The number of aryl methyl sites for hydroxylation is 3. The van der Waals surface area contributed by atoms with Crippen molar-refractivity contribution in [2.24, 2.45) is 0 Å². The van der Waals surface area contributed by atoms with Crippen molar-refractivity contribution in [3.63, 3.8) is 0 Å². The van der Waals surface area contributed by atoms with E-state index in [1.807, 2.05) is 38.3 Å². The molecule has 1 aromatic carbocycles. The number of anilines is 1. The smallest absolute Gasteiger partial charge is 0.250 e. The number of thiazole rings is 1. The highest BCUT2D eigenvalue weighted by molar-refractivity contribution is 7.15. The van der Waals surface area contributed by atoms with Crippen molar-refractivity contribution in [1.29, 1.82) is 0 Å². The zero-order valence-electron chi connectivity index (χ0n) is 13.8. The molecule has 0 radical (unpaired) electrons. The van der Waals surface area contributed by atoms with Gasteiger partial charge in [0, 0.05) is 23.8 Å². The first-order valence-electron chi connectivity index (χ1n) is 7.65. The van der Waals surface area contributed by atoms with Crippen molar-refractivity contribution in [1.82, 2.24) is 14.6 Å². The van der Waals surface area contributed by atoms with Gasteiger partial charge in [0.1, 0.15) is 0 Å². The number of nitrogens with zero attached hydrogens (tertiary/aromatic N) is 3. The average molecular weight is 342 g/mol. The van der Waals surface area contributed by atoms with Gasteiger partial charge in [-0.05, 0) is 38.0 Å². The third-order valence-electron chi connectivity index (χ3n) is 3.91. The minimum absolute atomic E-state index is 0.0390. The maximum absolute atomic E-state index is 12.2.